The van der Waals surface area contributed by atoms with Crippen LogP contribution < -0.4 is 10.1 Å². The van der Waals surface area contributed by atoms with Crippen molar-refractivity contribution in [3.05, 3.63) is 82.1 Å². The van der Waals surface area contributed by atoms with Gasteiger partial charge in [-0.05, 0) is 92.3 Å². The molecule has 3 aromatic rings. The van der Waals surface area contributed by atoms with Gasteiger partial charge in [0.2, 0.25) is 0 Å². The fourth-order valence-electron chi connectivity index (χ4n) is 5.57. The van der Waals surface area contributed by atoms with E-state index >= 15 is 0 Å². The van der Waals surface area contributed by atoms with E-state index in [4.69, 9.17) is 26.2 Å². The summed E-state index contributed by atoms with van der Waals surface area (Å²) in [6.07, 6.45) is 2.62. The van der Waals surface area contributed by atoms with Gasteiger partial charge in [-0.1, -0.05) is 35.9 Å². The Hall–Kier alpha value is -3.09. The highest BCUT2D eigenvalue weighted by Gasteiger charge is 2.48. The van der Waals surface area contributed by atoms with Crippen LogP contribution in [0.3, 0.4) is 0 Å². The van der Waals surface area contributed by atoms with Gasteiger partial charge in [-0.15, -0.1) is 0 Å². The molecule has 0 saturated heterocycles. The second-order valence-electron chi connectivity index (χ2n) is 12.3. The molecule has 0 radical (unpaired) electrons. The molecule has 46 heavy (non-hydrogen) atoms. The summed E-state index contributed by atoms with van der Waals surface area (Å²) >= 11 is 6.73. The number of benzene rings is 2. The van der Waals surface area contributed by atoms with Gasteiger partial charge in [0.1, 0.15) is 24.1 Å². The summed E-state index contributed by atoms with van der Waals surface area (Å²) in [6.45, 7) is 1.82. The fraction of sp³-hybridized carbons (Fsp3) is 0.486. The number of halogens is 1. The van der Waals surface area contributed by atoms with Crippen LogP contribution in [0.1, 0.15) is 60.8 Å². The molecule has 2 saturated carbocycles. The van der Waals surface area contributed by atoms with Gasteiger partial charge in [0.15, 0.2) is 6.10 Å². The number of amides is 1. The lowest BCUT2D eigenvalue weighted by Gasteiger charge is -2.24. The average molecular weight is 655 g/mol. The molecule has 1 aromatic heterocycles. The molecule has 0 spiro atoms. The van der Waals surface area contributed by atoms with Crippen molar-refractivity contribution in [1.29, 1.82) is 0 Å². The van der Waals surface area contributed by atoms with Gasteiger partial charge in [0.25, 0.3) is 5.91 Å². The summed E-state index contributed by atoms with van der Waals surface area (Å²) in [4.78, 5) is 16.6. The first-order valence-corrected chi connectivity index (χ1v) is 16.2. The van der Waals surface area contributed by atoms with Gasteiger partial charge >= 0.3 is 0 Å². The van der Waals surface area contributed by atoms with Crippen LogP contribution in [0.5, 0.6) is 5.75 Å². The second kappa shape index (κ2) is 15.2. The summed E-state index contributed by atoms with van der Waals surface area (Å²) in [7, 11) is 0. The van der Waals surface area contributed by atoms with Gasteiger partial charge in [-0.2, -0.15) is 0 Å². The normalized spacial score (nSPS) is 18.0. The molecule has 6 N–H and O–H groups in total. The van der Waals surface area contributed by atoms with Crippen LogP contribution in [-0.4, -0.2) is 80.1 Å². The van der Waals surface area contributed by atoms with Gasteiger partial charge < -0.3 is 40.3 Å². The van der Waals surface area contributed by atoms with Gasteiger partial charge in [-0.25, -0.2) is 0 Å². The standard InChI is InChI=1S/C35H43ClN2O8/c1-21-16-23(28(36)17-22(21)6-4-5-14-38-34(44)33(43)32(42)31(41)29(40)19-39)20-45-35(12-13-35)27-18-37-15-11-25(27)26-7-2-3-8-30(26)46-24-9-10-24/h2-3,7-8,11,15-18,24,29,31-33,39-43H,4-6,9-10,12-14,19-20H2,1H3,(H,38,44). The van der Waals surface area contributed by atoms with Crippen molar-refractivity contribution >= 4 is 17.5 Å². The Morgan fingerprint density at radius 3 is 2.52 bits per heavy atom. The first-order valence-electron chi connectivity index (χ1n) is 15.9. The van der Waals surface area contributed by atoms with Crippen LogP contribution >= 0.6 is 11.6 Å². The molecule has 10 nitrogen and oxygen atoms in total. The Labute approximate surface area is 274 Å². The summed E-state index contributed by atoms with van der Waals surface area (Å²) in [5.74, 6) is 0.0130. The number of aromatic nitrogens is 1. The lowest BCUT2D eigenvalue weighted by atomic mass is 9.96. The zero-order chi connectivity index (χ0) is 32.8. The minimum absolute atomic E-state index is 0.246. The van der Waals surface area contributed by atoms with Crippen LogP contribution in [0.2, 0.25) is 5.02 Å². The first kappa shape index (κ1) is 34.3. The Morgan fingerprint density at radius 1 is 1.04 bits per heavy atom. The summed E-state index contributed by atoms with van der Waals surface area (Å²) in [5.41, 5.74) is 5.81. The monoisotopic (exact) mass is 654 g/mol. The lowest BCUT2D eigenvalue weighted by molar-refractivity contribution is -0.148. The number of carbonyl (C=O) groups is 1. The molecule has 248 valence electrons. The maximum absolute atomic E-state index is 12.1. The maximum Gasteiger partial charge on any atom is 0.251 e. The van der Waals surface area contributed by atoms with E-state index in [1.165, 1.54) is 0 Å². The molecule has 4 unspecified atom stereocenters. The smallest absolute Gasteiger partial charge is 0.251 e. The van der Waals surface area contributed by atoms with Crippen molar-refractivity contribution in [1.82, 2.24) is 10.3 Å². The number of hydrogen-bond acceptors (Lipinski definition) is 9. The van der Waals surface area contributed by atoms with Gasteiger partial charge in [0.05, 0.1) is 24.9 Å². The molecule has 2 aliphatic carbocycles. The number of rotatable bonds is 17. The highest BCUT2D eigenvalue weighted by atomic mass is 35.5. The van der Waals surface area contributed by atoms with Crippen molar-refractivity contribution < 1.29 is 39.8 Å². The van der Waals surface area contributed by atoms with Crippen molar-refractivity contribution in [3.63, 3.8) is 0 Å². The predicted molar refractivity (Wildman–Crippen MR) is 172 cm³/mol. The molecule has 0 bridgehead atoms. The molecule has 2 aromatic carbocycles. The van der Waals surface area contributed by atoms with Gasteiger partial charge in [-0.3, -0.25) is 9.78 Å². The molecule has 0 aliphatic heterocycles. The molecule has 4 atom stereocenters. The highest BCUT2D eigenvalue weighted by molar-refractivity contribution is 6.31. The molecule has 5 rings (SSSR count). The zero-order valence-corrected chi connectivity index (χ0v) is 26.7. The average Bonchev–Trinajstić information content (AvgIpc) is 4.01. The predicted octanol–water partition coefficient (Wildman–Crippen LogP) is 3.33. The van der Waals surface area contributed by atoms with E-state index in [0.717, 1.165) is 77.7 Å². The first-order chi connectivity index (χ1) is 22.1. The zero-order valence-electron chi connectivity index (χ0n) is 25.9. The van der Waals surface area contributed by atoms with Gasteiger partial charge in [0, 0.05) is 35.1 Å². The molecular weight excluding hydrogens is 612 g/mol. The van der Waals surface area contributed by atoms with E-state index < -0.39 is 42.5 Å². The molecule has 2 fully saturated rings. The third-order valence-electron chi connectivity index (χ3n) is 8.72. The molecule has 11 heteroatoms. The minimum Gasteiger partial charge on any atom is -0.490 e. The minimum atomic E-state index is -1.94. The Morgan fingerprint density at radius 2 is 1.80 bits per heavy atom. The van der Waals surface area contributed by atoms with Crippen molar-refractivity contribution in [2.75, 3.05) is 13.2 Å². The van der Waals surface area contributed by atoms with Crippen LogP contribution in [0.25, 0.3) is 11.1 Å². The number of pyridine rings is 1. The number of hydrogen-bond donors (Lipinski definition) is 6. The number of aliphatic hydroxyl groups is 5. The van der Waals surface area contributed by atoms with E-state index in [0.29, 0.717) is 24.2 Å². The van der Waals surface area contributed by atoms with E-state index in [9.17, 15) is 25.2 Å². The molecule has 1 heterocycles. The number of ether oxygens (including phenoxy) is 2. The number of carbonyl (C=O) groups excluding carboxylic acids is 1. The highest BCUT2D eigenvalue weighted by Crippen LogP contribution is 2.53. The number of aryl methyl sites for hydroxylation is 2. The molecule has 2 aliphatic rings. The topological polar surface area (TPSA) is 162 Å². The second-order valence-corrected chi connectivity index (χ2v) is 12.7. The Balaban J connectivity index is 1.14. The number of para-hydroxylation sites is 1. The van der Waals surface area contributed by atoms with Crippen LogP contribution in [-0.2, 0) is 28.2 Å². The quantitative estimate of drug-likeness (QED) is 0.120. The Kier molecular flexibility index (Phi) is 11.3. The van der Waals surface area contributed by atoms with E-state index in [2.05, 4.69) is 22.4 Å². The van der Waals surface area contributed by atoms with Crippen molar-refractivity contribution in [2.45, 2.75) is 94.6 Å². The summed E-state index contributed by atoms with van der Waals surface area (Å²) in [6, 6.07) is 14.2. The maximum atomic E-state index is 12.1. The molecular formula is C35H43ClN2O8. The fourth-order valence-corrected chi connectivity index (χ4v) is 5.81. The Bertz CT molecular complexity index is 1500. The summed E-state index contributed by atoms with van der Waals surface area (Å²) < 4.78 is 12.8. The third-order valence-corrected chi connectivity index (χ3v) is 9.07. The number of aliphatic hydroxyl groups excluding tert-OH is 5. The van der Waals surface area contributed by atoms with E-state index in [-0.39, 0.29) is 6.54 Å². The van der Waals surface area contributed by atoms with Crippen LogP contribution in [0.4, 0.5) is 0 Å². The number of nitrogens with zero attached hydrogens (tertiary/aromatic N) is 1. The van der Waals surface area contributed by atoms with Crippen LogP contribution in [0.15, 0.2) is 54.9 Å². The lowest BCUT2D eigenvalue weighted by Crippen LogP contribution is -2.51. The molecule has 1 amide bonds. The van der Waals surface area contributed by atoms with E-state index in [1.807, 2.05) is 49.6 Å². The number of nitrogens with one attached hydrogen (secondary N) is 1. The van der Waals surface area contributed by atoms with Crippen LogP contribution in [0, 0.1) is 6.92 Å². The van der Waals surface area contributed by atoms with Crippen molar-refractivity contribution in [3.8, 4) is 16.9 Å². The SMILES string of the molecule is Cc1cc(COC2(c3cnccc3-c3ccccc3OC3CC3)CC2)c(Cl)cc1CCCCNC(=O)C(O)C(O)C(O)C(O)CO. The summed E-state index contributed by atoms with van der Waals surface area (Å²) in [5, 5.41) is 51.0. The largest absolute Gasteiger partial charge is 0.490 e. The van der Waals surface area contributed by atoms with E-state index in [1.54, 1.807) is 0 Å². The number of unbranched alkanes of at least 4 members (excludes halogenated alkanes) is 1. The third kappa shape index (κ3) is 8.24. The van der Waals surface area contributed by atoms with Crippen molar-refractivity contribution in [2.24, 2.45) is 0 Å².